The summed E-state index contributed by atoms with van der Waals surface area (Å²) in [6.07, 6.45) is -4.44. The van der Waals surface area contributed by atoms with E-state index in [1.807, 2.05) is 24.3 Å². The molecule has 4 rings (SSSR count). The quantitative estimate of drug-likeness (QED) is 0.387. The fourth-order valence-electron chi connectivity index (χ4n) is 2.95. The molecule has 0 aliphatic carbocycles. The van der Waals surface area contributed by atoms with E-state index in [2.05, 4.69) is 4.98 Å². The van der Waals surface area contributed by atoms with Crippen LogP contribution in [0.5, 0.6) is 0 Å². The van der Waals surface area contributed by atoms with Gasteiger partial charge < -0.3 is 0 Å². The Kier molecular flexibility index (Phi) is 3.27. The third kappa shape index (κ3) is 2.40. The van der Waals surface area contributed by atoms with Gasteiger partial charge in [-0.1, -0.05) is 66.7 Å². The number of nitrogens with zero attached hydrogens (tertiary/aromatic N) is 1. The summed E-state index contributed by atoms with van der Waals surface area (Å²) in [5.41, 5.74) is 0.712. The van der Waals surface area contributed by atoms with E-state index in [0.29, 0.717) is 16.8 Å². The molecule has 118 valence electrons. The fraction of sp³-hybridized carbons (Fsp3) is 0.0500. The molecule has 1 heterocycles. The number of fused-ring (bicyclic) bond motifs is 3. The van der Waals surface area contributed by atoms with Crippen molar-refractivity contribution in [3.8, 4) is 11.3 Å². The molecule has 0 fully saturated rings. The van der Waals surface area contributed by atoms with Crippen molar-refractivity contribution in [1.29, 1.82) is 0 Å². The van der Waals surface area contributed by atoms with Crippen LogP contribution < -0.4 is 0 Å². The maximum Gasteiger partial charge on any atom is 0.417 e. The maximum atomic E-state index is 13.6. The maximum absolute atomic E-state index is 13.6. The molecular formula is C20H12F3N. The van der Waals surface area contributed by atoms with E-state index in [1.54, 1.807) is 36.4 Å². The standard InChI is InChI=1S/C20H12F3N/c21-20(22,23)17-12-18(14-7-2-1-3-8-14)24-19-15-9-5-4-6-13(15)10-11-16(17)19/h1-12H. The summed E-state index contributed by atoms with van der Waals surface area (Å²) in [5, 5.41) is 1.72. The number of hydrogen-bond donors (Lipinski definition) is 0. The molecule has 0 saturated carbocycles. The van der Waals surface area contributed by atoms with Crippen LogP contribution in [-0.4, -0.2) is 4.98 Å². The molecule has 0 saturated heterocycles. The van der Waals surface area contributed by atoms with E-state index in [1.165, 1.54) is 6.07 Å². The molecule has 0 bridgehead atoms. The number of rotatable bonds is 1. The second-order valence-corrected chi connectivity index (χ2v) is 5.60. The van der Waals surface area contributed by atoms with Crippen molar-refractivity contribution < 1.29 is 13.2 Å². The molecule has 1 nitrogen and oxygen atoms in total. The van der Waals surface area contributed by atoms with Gasteiger partial charge >= 0.3 is 6.18 Å². The van der Waals surface area contributed by atoms with Gasteiger partial charge in [0.05, 0.1) is 16.8 Å². The highest BCUT2D eigenvalue weighted by Gasteiger charge is 2.33. The van der Waals surface area contributed by atoms with E-state index in [-0.39, 0.29) is 5.39 Å². The molecule has 0 N–H and O–H groups in total. The zero-order valence-electron chi connectivity index (χ0n) is 12.5. The molecular weight excluding hydrogens is 311 g/mol. The van der Waals surface area contributed by atoms with Crippen molar-refractivity contribution in [2.24, 2.45) is 0 Å². The number of pyridine rings is 1. The van der Waals surface area contributed by atoms with Gasteiger partial charge in [0.2, 0.25) is 0 Å². The number of benzene rings is 3. The minimum absolute atomic E-state index is 0.126. The predicted molar refractivity (Wildman–Crippen MR) is 89.7 cm³/mol. The molecule has 0 atom stereocenters. The van der Waals surface area contributed by atoms with Gasteiger partial charge in [-0.3, -0.25) is 0 Å². The minimum Gasteiger partial charge on any atom is -0.247 e. The van der Waals surface area contributed by atoms with E-state index in [9.17, 15) is 13.2 Å². The molecule has 0 radical (unpaired) electrons. The average Bonchev–Trinajstić information content (AvgIpc) is 2.60. The van der Waals surface area contributed by atoms with Crippen molar-refractivity contribution >= 4 is 21.7 Å². The number of alkyl halides is 3. The zero-order chi connectivity index (χ0) is 16.7. The van der Waals surface area contributed by atoms with Gasteiger partial charge in [0.25, 0.3) is 0 Å². The molecule has 0 amide bonds. The summed E-state index contributed by atoms with van der Waals surface area (Å²) < 4.78 is 40.8. The van der Waals surface area contributed by atoms with E-state index >= 15 is 0 Å². The van der Waals surface area contributed by atoms with E-state index in [4.69, 9.17) is 0 Å². The van der Waals surface area contributed by atoms with Crippen molar-refractivity contribution in [2.75, 3.05) is 0 Å². The van der Waals surface area contributed by atoms with Crippen molar-refractivity contribution in [3.63, 3.8) is 0 Å². The van der Waals surface area contributed by atoms with Crippen LogP contribution in [0.3, 0.4) is 0 Å². The smallest absolute Gasteiger partial charge is 0.247 e. The normalized spacial score (nSPS) is 12.0. The summed E-state index contributed by atoms with van der Waals surface area (Å²) in [4.78, 5) is 4.55. The van der Waals surface area contributed by atoms with Gasteiger partial charge in [0.15, 0.2) is 0 Å². The fourth-order valence-corrected chi connectivity index (χ4v) is 2.95. The SMILES string of the molecule is FC(F)(F)c1cc(-c2ccccc2)nc2c1ccc1ccccc12. The van der Waals surface area contributed by atoms with Gasteiger partial charge in [0.1, 0.15) is 0 Å². The van der Waals surface area contributed by atoms with Gasteiger partial charge in [0, 0.05) is 16.3 Å². The second kappa shape index (κ2) is 5.34. The van der Waals surface area contributed by atoms with Crippen molar-refractivity contribution in [3.05, 3.63) is 78.4 Å². The Bertz CT molecular complexity index is 1040. The third-order valence-corrected chi connectivity index (χ3v) is 4.08. The van der Waals surface area contributed by atoms with Gasteiger partial charge in [-0.2, -0.15) is 13.2 Å². The first-order valence-electron chi connectivity index (χ1n) is 7.49. The lowest BCUT2D eigenvalue weighted by Crippen LogP contribution is -2.07. The largest absolute Gasteiger partial charge is 0.417 e. The topological polar surface area (TPSA) is 12.9 Å². The average molecular weight is 323 g/mol. The summed E-state index contributed by atoms with van der Waals surface area (Å²) in [7, 11) is 0. The molecule has 0 aliphatic rings. The highest BCUT2D eigenvalue weighted by Crippen LogP contribution is 2.38. The van der Waals surface area contributed by atoms with Gasteiger partial charge in [-0.15, -0.1) is 0 Å². The van der Waals surface area contributed by atoms with E-state index in [0.717, 1.165) is 16.8 Å². The summed E-state index contributed by atoms with van der Waals surface area (Å²) >= 11 is 0. The lowest BCUT2D eigenvalue weighted by atomic mass is 10.00. The number of hydrogen-bond acceptors (Lipinski definition) is 1. The minimum atomic E-state index is -4.44. The molecule has 4 heteroatoms. The highest BCUT2D eigenvalue weighted by molar-refractivity contribution is 6.07. The Labute approximate surface area is 136 Å². The first kappa shape index (κ1) is 14.7. The summed E-state index contributed by atoms with van der Waals surface area (Å²) in [5.74, 6) is 0. The van der Waals surface area contributed by atoms with Gasteiger partial charge in [-0.25, -0.2) is 4.98 Å². The van der Waals surface area contributed by atoms with Crippen LogP contribution in [0.2, 0.25) is 0 Å². The first-order chi connectivity index (χ1) is 11.5. The molecule has 24 heavy (non-hydrogen) atoms. The Morgan fingerprint density at radius 3 is 2.17 bits per heavy atom. The van der Waals surface area contributed by atoms with E-state index < -0.39 is 11.7 Å². The molecule has 0 aliphatic heterocycles. The number of aromatic nitrogens is 1. The zero-order valence-corrected chi connectivity index (χ0v) is 12.5. The third-order valence-electron chi connectivity index (χ3n) is 4.08. The predicted octanol–water partition coefficient (Wildman–Crippen LogP) is 6.07. The Morgan fingerprint density at radius 2 is 1.42 bits per heavy atom. The van der Waals surface area contributed by atoms with Crippen LogP contribution >= 0.6 is 0 Å². The van der Waals surface area contributed by atoms with Crippen LogP contribution in [0, 0.1) is 0 Å². The van der Waals surface area contributed by atoms with Crippen LogP contribution in [-0.2, 0) is 6.18 Å². The molecule has 0 spiro atoms. The first-order valence-corrected chi connectivity index (χ1v) is 7.49. The lowest BCUT2D eigenvalue weighted by molar-refractivity contribution is -0.136. The van der Waals surface area contributed by atoms with Crippen molar-refractivity contribution in [2.45, 2.75) is 6.18 Å². The second-order valence-electron chi connectivity index (χ2n) is 5.60. The van der Waals surface area contributed by atoms with Crippen LogP contribution in [0.25, 0.3) is 32.9 Å². The summed E-state index contributed by atoms with van der Waals surface area (Å²) in [6.45, 7) is 0. The van der Waals surface area contributed by atoms with Crippen molar-refractivity contribution in [1.82, 2.24) is 4.98 Å². The van der Waals surface area contributed by atoms with Crippen LogP contribution in [0.15, 0.2) is 72.8 Å². The summed E-state index contributed by atoms with van der Waals surface area (Å²) in [6, 6.07) is 20.6. The Hall–Kier alpha value is -2.88. The van der Waals surface area contributed by atoms with Crippen LogP contribution in [0.1, 0.15) is 5.56 Å². The highest BCUT2D eigenvalue weighted by atomic mass is 19.4. The molecule has 3 aromatic carbocycles. The number of halogens is 3. The molecule has 4 aromatic rings. The van der Waals surface area contributed by atoms with Crippen LogP contribution in [0.4, 0.5) is 13.2 Å². The monoisotopic (exact) mass is 323 g/mol. The molecule has 1 aromatic heterocycles. The van der Waals surface area contributed by atoms with Gasteiger partial charge in [-0.05, 0) is 11.5 Å². The lowest BCUT2D eigenvalue weighted by Gasteiger charge is -2.14. The molecule has 0 unspecified atom stereocenters. The Morgan fingerprint density at radius 1 is 0.708 bits per heavy atom. The Balaban J connectivity index is 2.14.